The normalized spacial score (nSPS) is 17.6. The van der Waals surface area contributed by atoms with Gasteiger partial charge in [0.15, 0.2) is 0 Å². The molecule has 2 aliphatic heterocycles. The van der Waals surface area contributed by atoms with Crippen LogP contribution in [-0.4, -0.2) is 47.9 Å². The number of benzene rings is 2. The third kappa shape index (κ3) is 3.41. The molecule has 0 atom stereocenters. The van der Waals surface area contributed by atoms with Crippen LogP contribution in [0.3, 0.4) is 0 Å². The van der Waals surface area contributed by atoms with Gasteiger partial charge in [-0.25, -0.2) is 8.78 Å². The highest BCUT2D eigenvalue weighted by Crippen LogP contribution is 2.33. The number of nitrogens with zero attached hydrogens (tertiary/aromatic N) is 2. The van der Waals surface area contributed by atoms with E-state index in [0.717, 1.165) is 4.90 Å². The number of hydrogen-bond donors (Lipinski definition) is 0. The van der Waals surface area contributed by atoms with Gasteiger partial charge in [0.2, 0.25) is 0 Å². The van der Waals surface area contributed by atoms with E-state index in [-0.39, 0.29) is 17.9 Å². The van der Waals surface area contributed by atoms with E-state index >= 15 is 0 Å². The van der Waals surface area contributed by atoms with Crippen LogP contribution in [0.25, 0.3) is 5.57 Å². The van der Waals surface area contributed by atoms with Crippen molar-refractivity contribution in [1.29, 1.82) is 0 Å². The molecular formula is C21H18F2N2O3. The molecule has 5 nitrogen and oxygen atoms in total. The lowest BCUT2D eigenvalue weighted by Crippen LogP contribution is -2.40. The van der Waals surface area contributed by atoms with Crippen LogP contribution in [0, 0.1) is 11.6 Å². The maximum atomic E-state index is 13.4. The average molecular weight is 384 g/mol. The van der Waals surface area contributed by atoms with Gasteiger partial charge in [-0.3, -0.25) is 14.5 Å². The monoisotopic (exact) mass is 384 g/mol. The summed E-state index contributed by atoms with van der Waals surface area (Å²) in [4.78, 5) is 29.3. The van der Waals surface area contributed by atoms with Crippen molar-refractivity contribution in [3.8, 4) is 0 Å². The van der Waals surface area contributed by atoms with Gasteiger partial charge in [-0.2, -0.15) is 0 Å². The number of imide groups is 1. The van der Waals surface area contributed by atoms with Gasteiger partial charge in [0.25, 0.3) is 11.8 Å². The first-order chi connectivity index (χ1) is 13.5. The van der Waals surface area contributed by atoms with Crippen molar-refractivity contribution in [3.05, 3.63) is 77.0 Å². The SMILES string of the molecule is O=C1C(c2ccc(F)cc2)=C(N2CCOCC2)C(=O)N1Cc1ccc(F)cc1. The fourth-order valence-corrected chi connectivity index (χ4v) is 3.44. The molecule has 0 N–H and O–H groups in total. The van der Waals surface area contributed by atoms with Crippen LogP contribution in [0.2, 0.25) is 0 Å². The van der Waals surface area contributed by atoms with Crippen LogP contribution in [-0.2, 0) is 20.9 Å². The number of halogens is 2. The summed E-state index contributed by atoms with van der Waals surface area (Å²) in [5.41, 5.74) is 1.70. The van der Waals surface area contributed by atoms with Crippen LogP contribution < -0.4 is 0 Å². The first kappa shape index (κ1) is 18.3. The summed E-state index contributed by atoms with van der Waals surface area (Å²) in [6.45, 7) is 1.93. The molecule has 28 heavy (non-hydrogen) atoms. The molecule has 1 saturated heterocycles. The third-order valence-corrected chi connectivity index (χ3v) is 4.86. The van der Waals surface area contributed by atoms with Crippen molar-refractivity contribution >= 4 is 17.4 Å². The fraction of sp³-hybridized carbons (Fsp3) is 0.238. The summed E-state index contributed by atoms with van der Waals surface area (Å²) in [5, 5.41) is 0. The molecule has 7 heteroatoms. The number of carbonyl (C=O) groups is 2. The summed E-state index contributed by atoms with van der Waals surface area (Å²) in [6.07, 6.45) is 0. The molecule has 4 rings (SSSR count). The van der Waals surface area contributed by atoms with E-state index in [9.17, 15) is 18.4 Å². The molecule has 0 aromatic heterocycles. The highest BCUT2D eigenvalue weighted by atomic mass is 19.1. The molecule has 2 amide bonds. The van der Waals surface area contributed by atoms with Gasteiger partial charge in [0.1, 0.15) is 17.3 Å². The molecule has 0 saturated carbocycles. The molecule has 2 aromatic carbocycles. The molecule has 144 valence electrons. The van der Waals surface area contributed by atoms with Crippen LogP contribution >= 0.6 is 0 Å². The van der Waals surface area contributed by atoms with E-state index in [1.807, 2.05) is 4.90 Å². The molecule has 2 aromatic rings. The molecule has 0 bridgehead atoms. The Morgan fingerprint density at radius 1 is 0.821 bits per heavy atom. The predicted octanol–water partition coefficient (Wildman–Crippen LogP) is 2.58. The van der Waals surface area contributed by atoms with E-state index in [4.69, 9.17) is 4.74 Å². The van der Waals surface area contributed by atoms with E-state index in [1.165, 1.54) is 36.4 Å². The van der Waals surface area contributed by atoms with Gasteiger partial charge in [-0.15, -0.1) is 0 Å². The number of hydrogen-bond acceptors (Lipinski definition) is 4. The highest BCUT2D eigenvalue weighted by molar-refractivity contribution is 6.35. The number of rotatable bonds is 4. The number of amides is 2. The second-order valence-electron chi connectivity index (χ2n) is 6.65. The summed E-state index contributed by atoms with van der Waals surface area (Å²) >= 11 is 0. The van der Waals surface area contributed by atoms with Crippen LogP contribution in [0.4, 0.5) is 8.78 Å². The number of ether oxygens (including phenoxy) is 1. The highest BCUT2D eigenvalue weighted by Gasteiger charge is 2.41. The average Bonchev–Trinajstić information content (AvgIpc) is 2.95. The van der Waals surface area contributed by atoms with Gasteiger partial charge < -0.3 is 9.64 Å². The predicted molar refractivity (Wildman–Crippen MR) is 97.7 cm³/mol. The first-order valence-corrected chi connectivity index (χ1v) is 8.98. The molecule has 0 spiro atoms. The zero-order valence-corrected chi connectivity index (χ0v) is 15.0. The maximum absolute atomic E-state index is 13.4. The summed E-state index contributed by atoms with van der Waals surface area (Å²) in [5.74, 6) is -1.66. The Kier molecular flexibility index (Phi) is 4.92. The minimum absolute atomic E-state index is 0.0382. The van der Waals surface area contributed by atoms with Crippen LogP contribution in [0.15, 0.2) is 54.2 Å². The molecular weight excluding hydrogens is 366 g/mol. The number of morpholine rings is 1. The van der Waals surface area contributed by atoms with Crippen LogP contribution in [0.5, 0.6) is 0 Å². The van der Waals surface area contributed by atoms with Crippen molar-refractivity contribution < 1.29 is 23.1 Å². The zero-order valence-electron chi connectivity index (χ0n) is 15.0. The quantitative estimate of drug-likeness (QED) is 0.761. The first-order valence-electron chi connectivity index (χ1n) is 8.98. The molecule has 2 heterocycles. The van der Waals surface area contributed by atoms with Crippen molar-refractivity contribution in [2.45, 2.75) is 6.54 Å². The van der Waals surface area contributed by atoms with Gasteiger partial charge in [0, 0.05) is 13.1 Å². The lowest BCUT2D eigenvalue weighted by molar-refractivity contribution is -0.138. The molecule has 0 radical (unpaired) electrons. The Morgan fingerprint density at radius 3 is 2.00 bits per heavy atom. The Hall–Kier alpha value is -3.06. The van der Waals surface area contributed by atoms with Crippen LogP contribution in [0.1, 0.15) is 11.1 Å². The molecule has 1 fully saturated rings. The number of carbonyl (C=O) groups excluding carboxylic acids is 2. The zero-order chi connectivity index (χ0) is 19.7. The lowest BCUT2D eigenvalue weighted by atomic mass is 10.0. The third-order valence-electron chi connectivity index (χ3n) is 4.86. The minimum Gasteiger partial charge on any atom is -0.378 e. The smallest absolute Gasteiger partial charge is 0.278 e. The minimum atomic E-state index is -0.442. The second-order valence-corrected chi connectivity index (χ2v) is 6.65. The second kappa shape index (κ2) is 7.52. The van der Waals surface area contributed by atoms with Crippen molar-refractivity contribution in [1.82, 2.24) is 9.80 Å². The fourth-order valence-electron chi connectivity index (χ4n) is 3.44. The topological polar surface area (TPSA) is 49.9 Å². The lowest BCUT2D eigenvalue weighted by Gasteiger charge is -2.29. The van der Waals surface area contributed by atoms with Gasteiger partial charge in [-0.05, 0) is 35.4 Å². The van der Waals surface area contributed by atoms with Crippen molar-refractivity contribution in [2.75, 3.05) is 26.3 Å². The van der Waals surface area contributed by atoms with Gasteiger partial charge in [0.05, 0.1) is 25.3 Å². The molecule has 0 aliphatic carbocycles. The molecule has 0 unspecified atom stereocenters. The largest absolute Gasteiger partial charge is 0.378 e. The van der Waals surface area contributed by atoms with Gasteiger partial charge in [-0.1, -0.05) is 24.3 Å². The Morgan fingerprint density at radius 2 is 1.39 bits per heavy atom. The Labute approximate surface area is 160 Å². The van der Waals surface area contributed by atoms with E-state index in [2.05, 4.69) is 0 Å². The Balaban J connectivity index is 1.72. The van der Waals surface area contributed by atoms with E-state index < -0.39 is 17.6 Å². The maximum Gasteiger partial charge on any atom is 0.278 e. The van der Waals surface area contributed by atoms with Crippen molar-refractivity contribution in [3.63, 3.8) is 0 Å². The Bertz CT molecular complexity index is 933. The summed E-state index contributed by atoms with van der Waals surface area (Å²) in [6, 6.07) is 11.2. The summed E-state index contributed by atoms with van der Waals surface area (Å²) in [7, 11) is 0. The standard InChI is InChI=1S/C21H18F2N2O3/c22-16-5-1-14(2-6-16)13-25-20(26)18(15-3-7-17(23)8-4-15)19(21(25)27)24-9-11-28-12-10-24/h1-8H,9-13H2. The van der Waals surface area contributed by atoms with Gasteiger partial charge >= 0.3 is 0 Å². The van der Waals surface area contributed by atoms with E-state index in [1.54, 1.807) is 12.1 Å². The molecule has 2 aliphatic rings. The summed E-state index contributed by atoms with van der Waals surface area (Å²) < 4.78 is 31.9. The van der Waals surface area contributed by atoms with Crippen molar-refractivity contribution in [2.24, 2.45) is 0 Å². The van der Waals surface area contributed by atoms with E-state index in [0.29, 0.717) is 43.1 Å².